The number of hydrogen-bond donors (Lipinski definition) is 0. The number of fused-ring (bicyclic) bond motifs is 2. The van der Waals surface area contributed by atoms with Crippen molar-refractivity contribution in [2.45, 2.75) is 58.0 Å². The molecule has 3 rings (SSSR count). The van der Waals surface area contributed by atoms with Crippen LogP contribution in [0, 0.1) is 0 Å². The van der Waals surface area contributed by atoms with Crippen LogP contribution in [0.1, 0.15) is 51.7 Å². The number of hydrogen-bond acceptors (Lipinski definition) is 5. The van der Waals surface area contributed by atoms with Gasteiger partial charge in [0.15, 0.2) is 0 Å². The zero-order valence-corrected chi connectivity index (χ0v) is 16.6. The summed E-state index contributed by atoms with van der Waals surface area (Å²) in [5.41, 5.74) is 2.38. The number of rotatable bonds is 3. The monoisotopic (exact) mass is 372 g/mol. The van der Waals surface area contributed by atoms with Crippen LogP contribution in [0.2, 0.25) is 0 Å². The number of likely N-dealkylation sites (tertiary alicyclic amines) is 1. The fourth-order valence-corrected chi connectivity index (χ4v) is 3.66. The molecular formula is C21H28N2O4. The van der Waals surface area contributed by atoms with E-state index >= 15 is 0 Å². The molecule has 2 aliphatic heterocycles. The third-order valence-corrected chi connectivity index (χ3v) is 5.01. The van der Waals surface area contributed by atoms with E-state index < -0.39 is 5.60 Å². The maximum absolute atomic E-state index is 12.3. The molecule has 1 amide bonds. The van der Waals surface area contributed by atoms with Crippen molar-refractivity contribution in [3.63, 3.8) is 0 Å². The molecule has 0 N–H and O–H groups in total. The van der Waals surface area contributed by atoms with Crippen molar-refractivity contribution in [3.05, 3.63) is 29.3 Å². The smallest absolute Gasteiger partial charge is 0.410 e. The van der Waals surface area contributed by atoms with Gasteiger partial charge >= 0.3 is 12.1 Å². The molecule has 27 heavy (non-hydrogen) atoms. The molecule has 0 aromatic heterocycles. The first-order chi connectivity index (χ1) is 12.7. The highest BCUT2D eigenvalue weighted by atomic mass is 16.6. The zero-order chi connectivity index (χ0) is 19.7. The van der Waals surface area contributed by atoms with Gasteiger partial charge in [0.1, 0.15) is 5.60 Å². The fourth-order valence-electron chi connectivity index (χ4n) is 3.66. The molecule has 2 heterocycles. The topological polar surface area (TPSA) is 68.2 Å². The lowest BCUT2D eigenvalue weighted by atomic mass is 9.74. The van der Waals surface area contributed by atoms with Crippen LogP contribution in [0.5, 0.6) is 0 Å². The summed E-state index contributed by atoms with van der Waals surface area (Å²) in [6.45, 7) is 9.08. The van der Waals surface area contributed by atoms with Gasteiger partial charge in [0.25, 0.3) is 0 Å². The van der Waals surface area contributed by atoms with E-state index in [9.17, 15) is 9.59 Å². The number of carbonyl (C=O) groups is 2. The van der Waals surface area contributed by atoms with Crippen LogP contribution in [0.25, 0.3) is 0 Å². The predicted octanol–water partition coefficient (Wildman–Crippen LogP) is 3.78. The van der Waals surface area contributed by atoms with Gasteiger partial charge in [-0.25, -0.2) is 4.79 Å². The van der Waals surface area contributed by atoms with Crippen molar-refractivity contribution < 1.29 is 19.1 Å². The van der Waals surface area contributed by atoms with Crippen LogP contribution in [0.4, 0.5) is 10.5 Å². The summed E-state index contributed by atoms with van der Waals surface area (Å²) in [6.07, 6.45) is 3.61. The summed E-state index contributed by atoms with van der Waals surface area (Å²) in [7, 11) is 0. The standard InChI is InChI=1S/C21H28N2O4/c1-5-26-18(24)13-15-6-7-17-16(12-15)21(14-22-17)8-10-23(11-9-21)19(25)27-20(2,3)4/h6-7,12,14H,5,8-11,13H2,1-4H3. The summed E-state index contributed by atoms with van der Waals surface area (Å²) in [5.74, 6) is -0.217. The fraction of sp³-hybridized carbons (Fsp3) is 0.571. The molecule has 0 radical (unpaired) electrons. The van der Waals surface area contributed by atoms with Crippen molar-refractivity contribution in [1.29, 1.82) is 0 Å². The van der Waals surface area contributed by atoms with E-state index in [4.69, 9.17) is 9.47 Å². The Labute approximate surface area is 160 Å². The molecule has 0 saturated carbocycles. The Bertz CT molecular complexity index is 756. The van der Waals surface area contributed by atoms with E-state index in [-0.39, 0.29) is 23.9 Å². The highest BCUT2D eigenvalue weighted by molar-refractivity contribution is 5.86. The molecule has 0 aliphatic carbocycles. The summed E-state index contributed by atoms with van der Waals surface area (Å²) in [5, 5.41) is 0. The molecule has 1 spiro atoms. The second-order valence-electron chi connectivity index (χ2n) is 8.22. The van der Waals surface area contributed by atoms with Gasteiger partial charge in [-0.15, -0.1) is 0 Å². The molecule has 1 fully saturated rings. The van der Waals surface area contributed by atoms with Gasteiger partial charge in [0, 0.05) is 24.7 Å². The lowest BCUT2D eigenvalue weighted by Crippen LogP contribution is -2.46. The number of piperidine rings is 1. The molecule has 1 saturated heterocycles. The summed E-state index contributed by atoms with van der Waals surface area (Å²) in [4.78, 5) is 30.5. The Morgan fingerprint density at radius 1 is 1.22 bits per heavy atom. The normalized spacial score (nSPS) is 17.7. The molecule has 0 atom stereocenters. The van der Waals surface area contributed by atoms with Crippen molar-refractivity contribution in [3.8, 4) is 0 Å². The van der Waals surface area contributed by atoms with Crippen molar-refractivity contribution in [2.24, 2.45) is 4.99 Å². The van der Waals surface area contributed by atoms with Crippen molar-refractivity contribution in [1.82, 2.24) is 4.90 Å². The maximum Gasteiger partial charge on any atom is 0.410 e. The van der Waals surface area contributed by atoms with Crippen LogP contribution in [-0.2, 0) is 26.1 Å². The SMILES string of the molecule is CCOC(=O)Cc1ccc2c(c1)C1(C=N2)CCN(C(=O)OC(C)(C)C)CC1. The van der Waals surface area contributed by atoms with Crippen molar-refractivity contribution in [2.75, 3.05) is 19.7 Å². The largest absolute Gasteiger partial charge is 0.466 e. The minimum atomic E-state index is -0.490. The van der Waals surface area contributed by atoms with Crippen LogP contribution in [0.15, 0.2) is 23.2 Å². The average Bonchev–Trinajstić information content (AvgIpc) is 2.92. The van der Waals surface area contributed by atoms with Crippen molar-refractivity contribution >= 4 is 24.0 Å². The second-order valence-corrected chi connectivity index (χ2v) is 8.22. The van der Waals surface area contributed by atoms with Gasteiger partial charge in [0.05, 0.1) is 18.7 Å². The number of amides is 1. The maximum atomic E-state index is 12.3. The van der Waals surface area contributed by atoms with E-state index in [2.05, 4.69) is 11.1 Å². The summed E-state index contributed by atoms with van der Waals surface area (Å²) < 4.78 is 10.5. The molecule has 2 aliphatic rings. The Kier molecular flexibility index (Phi) is 5.27. The van der Waals surface area contributed by atoms with Crippen LogP contribution >= 0.6 is 0 Å². The quantitative estimate of drug-likeness (QED) is 0.757. The van der Waals surface area contributed by atoms with E-state index in [0.717, 1.165) is 29.7 Å². The number of benzene rings is 1. The third-order valence-electron chi connectivity index (χ3n) is 5.01. The zero-order valence-electron chi connectivity index (χ0n) is 16.6. The minimum absolute atomic E-state index is 0.168. The highest BCUT2D eigenvalue weighted by Gasteiger charge is 2.41. The van der Waals surface area contributed by atoms with E-state index in [0.29, 0.717) is 19.7 Å². The van der Waals surface area contributed by atoms with Gasteiger partial charge in [-0.2, -0.15) is 0 Å². The number of esters is 1. The minimum Gasteiger partial charge on any atom is -0.466 e. The first-order valence-corrected chi connectivity index (χ1v) is 9.55. The van der Waals surface area contributed by atoms with Crippen LogP contribution in [0.3, 0.4) is 0 Å². The molecule has 6 heteroatoms. The van der Waals surface area contributed by atoms with Gasteiger partial charge in [0.2, 0.25) is 0 Å². The van der Waals surface area contributed by atoms with Gasteiger partial charge in [-0.1, -0.05) is 12.1 Å². The van der Waals surface area contributed by atoms with Crippen LogP contribution < -0.4 is 0 Å². The molecule has 146 valence electrons. The molecule has 1 aromatic carbocycles. The summed E-state index contributed by atoms with van der Waals surface area (Å²) in [6, 6.07) is 5.97. The number of nitrogens with zero attached hydrogens (tertiary/aromatic N) is 2. The Hall–Kier alpha value is -2.37. The number of carbonyl (C=O) groups excluding carboxylic acids is 2. The van der Waals surface area contributed by atoms with E-state index in [1.165, 1.54) is 0 Å². The Morgan fingerprint density at radius 2 is 1.93 bits per heavy atom. The van der Waals surface area contributed by atoms with Gasteiger partial charge < -0.3 is 14.4 Å². The second kappa shape index (κ2) is 7.33. The van der Waals surface area contributed by atoms with E-state index in [1.807, 2.05) is 46.0 Å². The highest BCUT2D eigenvalue weighted by Crippen LogP contribution is 2.44. The molecule has 0 unspecified atom stereocenters. The van der Waals surface area contributed by atoms with Gasteiger partial charge in [-0.3, -0.25) is 9.79 Å². The lowest BCUT2D eigenvalue weighted by Gasteiger charge is -2.38. The first kappa shape index (κ1) is 19.4. The third kappa shape index (κ3) is 4.31. The lowest BCUT2D eigenvalue weighted by molar-refractivity contribution is -0.142. The predicted molar refractivity (Wildman–Crippen MR) is 104 cm³/mol. The molecule has 0 bridgehead atoms. The Morgan fingerprint density at radius 3 is 2.56 bits per heavy atom. The molecule has 6 nitrogen and oxygen atoms in total. The Balaban J connectivity index is 1.71. The molecular weight excluding hydrogens is 344 g/mol. The van der Waals surface area contributed by atoms with Crippen LogP contribution in [-0.4, -0.2) is 48.5 Å². The van der Waals surface area contributed by atoms with Gasteiger partial charge in [-0.05, 0) is 57.7 Å². The number of aliphatic imine (C=N–C) groups is 1. The first-order valence-electron chi connectivity index (χ1n) is 9.55. The summed E-state index contributed by atoms with van der Waals surface area (Å²) >= 11 is 0. The molecule has 1 aromatic rings. The number of ether oxygens (including phenoxy) is 2. The van der Waals surface area contributed by atoms with E-state index in [1.54, 1.807) is 4.90 Å². The average molecular weight is 372 g/mol.